The van der Waals surface area contributed by atoms with Crippen molar-refractivity contribution in [3.8, 4) is 5.69 Å². The molecular formula is C15H17N3O. The largest absolute Gasteiger partial charge is 0.311 e. The zero-order valence-corrected chi connectivity index (χ0v) is 11.0. The lowest BCUT2D eigenvalue weighted by Crippen LogP contribution is -2.12. The predicted octanol–water partition coefficient (Wildman–Crippen LogP) is 2.71. The average Bonchev–Trinajstić information content (AvgIpc) is 2.78. The van der Waals surface area contributed by atoms with Crippen LogP contribution in [0.1, 0.15) is 31.0 Å². The molecule has 1 aliphatic carbocycles. The summed E-state index contributed by atoms with van der Waals surface area (Å²) >= 11 is 0. The summed E-state index contributed by atoms with van der Waals surface area (Å²) in [5.41, 5.74) is 3.31. The van der Waals surface area contributed by atoms with Gasteiger partial charge in [-0.05, 0) is 37.8 Å². The molecule has 4 nitrogen and oxygen atoms in total. The second kappa shape index (κ2) is 4.88. The molecule has 1 heterocycles. The fourth-order valence-electron chi connectivity index (χ4n) is 2.60. The van der Waals surface area contributed by atoms with Crippen LogP contribution in [0.5, 0.6) is 0 Å². The first-order valence-electron chi connectivity index (χ1n) is 6.69. The van der Waals surface area contributed by atoms with Crippen molar-refractivity contribution in [2.45, 2.75) is 32.6 Å². The molecule has 0 saturated heterocycles. The highest BCUT2D eigenvalue weighted by Crippen LogP contribution is 2.29. The van der Waals surface area contributed by atoms with E-state index in [1.807, 2.05) is 35.0 Å². The van der Waals surface area contributed by atoms with Crippen molar-refractivity contribution in [1.29, 1.82) is 0 Å². The molecule has 0 aliphatic heterocycles. The SMILES string of the molecule is CC(=O)Nc1c2c(nn1-c1ccccc1)CCCC2. The van der Waals surface area contributed by atoms with Gasteiger partial charge in [-0.1, -0.05) is 18.2 Å². The standard InChI is InChI=1S/C15H17N3O/c1-11(19)16-15-13-9-5-6-10-14(13)17-18(15)12-7-3-2-4-8-12/h2-4,7-8H,5-6,9-10H2,1H3,(H,16,19). The molecule has 1 N–H and O–H groups in total. The van der Waals surface area contributed by atoms with E-state index in [0.29, 0.717) is 0 Å². The molecule has 2 aromatic rings. The summed E-state index contributed by atoms with van der Waals surface area (Å²) in [7, 11) is 0. The number of carbonyl (C=O) groups is 1. The number of nitrogens with one attached hydrogen (secondary N) is 1. The van der Waals surface area contributed by atoms with Crippen molar-refractivity contribution < 1.29 is 4.79 Å². The van der Waals surface area contributed by atoms with Crippen molar-refractivity contribution in [1.82, 2.24) is 9.78 Å². The van der Waals surface area contributed by atoms with E-state index in [1.54, 1.807) is 0 Å². The Bertz CT molecular complexity index is 601. The quantitative estimate of drug-likeness (QED) is 0.896. The van der Waals surface area contributed by atoms with Crippen LogP contribution in [0.25, 0.3) is 5.69 Å². The van der Waals surface area contributed by atoms with Gasteiger partial charge in [0.2, 0.25) is 5.91 Å². The van der Waals surface area contributed by atoms with Crippen LogP contribution in [-0.4, -0.2) is 15.7 Å². The summed E-state index contributed by atoms with van der Waals surface area (Å²) in [6.07, 6.45) is 4.35. The summed E-state index contributed by atoms with van der Waals surface area (Å²) in [5.74, 6) is 0.791. The number of para-hydroxylation sites is 1. The second-order valence-electron chi connectivity index (χ2n) is 4.91. The Hall–Kier alpha value is -2.10. The number of hydrogen-bond acceptors (Lipinski definition) is 2. The molecule has 1 aromatic heterocycles. The van der Waals surface area contributed by atoms with E-state index in [9.17, 15) is 4.79 Å². The normalized spacial score (nSPS) is 13.9. The fourth-order valence-corrected chi connectivity index (χ4v) is 2.60. The minimum atomic E-state index is -0.0505. The van der Waals surface area contributed by atoms with Gasteiger partial charge in [0.1, 0.15) is 5.82 Å². The first-order valence-corrected chi connectivity index (χ1v) is 6.69. The summed E-state index contributed by atoms with van der Waals surface area (Å²) < 4.78 is 1.86. The molecule has 0 bridgehead atoms. The van der Waals surface area contributed by atoms with E-state index in [-0.39, 0.29) is 5.91 Å². The van der Waals surface area contributed by atoms with Crippen LogP contribution < -0.4 is 5.32 Å². The van der Waals surface area contributed by atoms with Gasteiger partial charge < -0.3 is 5.32 Å². The van der Waals surface area contributed by atoms with Gasteiger partial charge in [0.25, 0.3) is 0 Å². The Kier molecular flexibility index (Phi) is 3.07. The second-order valence-corrected chi connectivity index (χ2v) is 4.91. The maximum absolute atomic E-state index is 11.4. The molecule has 0 unspecified atom stereocenters. The van der Waals surface area contributed by atoms with Crippen LogP contribution in [0.15, 0.2) is 30.3 Å². The first kappa shape index (κ1) is 12.0. The third kappa shape index (κ3) is 2.26. The molecule has 0 spiro atoms. The van der Waals surface area contributed by atoms with Gasteiger partial charge in [-0.15, -0.1) is 0 Å². The molecule has 98 valence electrons. The highest BCUT2D eigenvalue weighted by molar-refractivity contribution is 5.89. The average molecular weight is 255 g/mol. The van der Waals surface area contributed by atoms with Gasteiger partial charge in [0, 0.05) is 12.5 Å². The number of carbonyl (C=O) groups excluding carboxylic acids is 1. The lowest BCUT2D eigenvalue weighted by atomic mass is 9.97. The third-order valence-corrected chi connectivity index (χ3v) is 3.45. The summed E-state index contributed by atoms with van der Waals surface area (Å²) in [6.45, 7) is 1.54. The number of rotatable bonds is 2. The van der Waals surface area contributed by atoms with Crippen LogP contribution in [0.2, 0.25) is 0 Å². The Balaban J connectivity index is 2.12. The highest BCUT2D eigenvalue weighted by Gasteiger charge is 2.21. The van der Waals surface area contributed by atoms with E-state index >= 15 is 0 Å². The van der Waals surface area contributed by atoms with Crippen LogP contribution >= 0.6 is 0 Å². The van der Waals surface area contributed by atoms with Crippen molar-refractivity contribution in [3.05, 3.63) is 41.6 Å². The van der Waals surface area contributed by atoms with Crippen LogP contribution in [-0.2, 0) is 17.6 Å². The third-order valence-electron chi connectivity index (χ3n) is 3.45. The Morgan fingerprint density at radius 1 is 1.21 bits per heavy atom. The number of aromatic nitrogens is 2. The van der Waals surface area contributed by atoms with E-state index in [0.717, 1.165) is 30.0 Å². The smallest absolute Gasteiger partial charge is 0.222 e. The number of anilines is 1. The van der Waals surface area contributed by atoms with E-state index in [1.165, 1.54) is 25.3 Å². The topological polar surface area (TPSA) is 46.9 Å². The van der Waals surface area contributed by atoms with E-state index < -0.39 is 0 Å². The Morgan fingerprint density at radius 3 is 2.68 bits per heavy atom. The summed E-state index contributed by atoms with van der Waals surface area (Å²) in [5, 5.41) is 7.62. The zero-order chi connectivity index (χ0) is 13.2. The molecule has 0 radical (unpaired) electrons. The molecule has 1 aromatic carbocycles. The van der Waals surface area contributed by atoms with Crippen LogP contribution in [0.3, 0.4) is 0 Å². The number of benzene rings is 1. The zero-order valence-electron chi connectivity index (χ0n) is 11.0. The maximum atomic E-state index is 11.4. The molecule has 4 heteroatoms. The lowest BCUT2D eigenvalue weighted by molar-refractivity contribution is -0.114. The molecule has 3 rings (SSSR count). The van der Waals surface area contributed by atoms with Gasteiger partial charge in [-0.3, -0.25) is 4.79 Å². The Labute approximate surface area is 112 Å². The predicted molar refractivity (Wildman–Crippen MR) is 74.5 cm³/mol. The molecule has 0 atom stereocenters. The van der Waals surface area contributed by atoms with Gasteiger partial charge in [0.05, 0.1) is 11.4 Å². The fraction of sp³-hybridized carbons (Fsp3) is 0.333. The van der Waals surface area contributed by atoms with E-state index in [2.05, 4.69) is 10.4 Å². The van der Waals surface area contributed by atoms with Gasteiger partial charge >= 0.3 is 0 Å². The number of aryl methyl sites for hydroxylation is 1. The van der Waals surface area contributed by atoms with Crippen molar-refractivity contribution in [2.24, 2.45) is 0 Å². The first-order chi connectivity index (χ1) is 9.25. The van der Waals surface area contributed by atoms with Gasteiger partial charge in [-0.2, -0.15) is 5.10 Å². The van der Waals surface area contributed by atoms with Crippen molar-refractivity contribution >= 4 is 11.7 Å². The molecule has 0 saturated carbocycles. The minimum Gasteiger partial charge on any atom is -0.311 e. The number of fused-ring (bicyclic) bond motifs is 1. The van der Waals surface area contributed by atoms with Crippen LogP contribution in [0, 0.1) is 0 Å². The van der Waals surface area contributed by atoms with Gasteiger partial charge in [0.15, 0.2) is 0 Å². The number of amides is 1. The molecule has 0 fully saturated rings. The molecule has 19 heavy (non-hydrogen) atoms. The molecule has 1 amide bonds. The molecular weight excluding hydrogens is 238 g/mol. The highest BCUT2D eigenvalue weighted by atomic mass is 16.1. The van der Waals surface area contributed by atoms with Crippen LogP contribution in [0.4, 0.5) is 5.82 Å². The lowest BCUT2D eigenvalue weighted by Gasteiger charge is -2.12. The van der Waals surface area contributed by atoms with Gasteiger partial charge in [-0.25, -0.2) is 4.68 Å². The molecule has 1 aliphatic rings. The van der Waals surface area contributed by atoms with E-state index in [4.69, 9.17) is 0 Å². The Morgan fingerprint density at radius 2 is 1.95 bits per heavy atom. The maximum Gasteiger partial charge on any atom is 0.222 e. The monoisotopic (exact) mass is 255 g/mol. The minimum absolute atomic E-state index is 0.0505. The number of nitrogens with zero attached hydrogens (tertiary/aromatic N) is 2. The summed E-state index contributed by atoms with van der Waals surface area (Å²) in [6, 6.07) is 9.94. The van der Waals surface area contributed by atoms with Crippen molar-refractivity contribution in [2.75, 3.05) is 5.32 Å². The van der Waals surface area contributed by atoms with Crippen molar-refractivity contribution in [3.63, 3.8) is 0 Å². The summed E-state index contributed by atoms with van der Waals surface area (Å²) in [4.78, 5) is 11.4. The number of hydrogen-bond donors (Lipinski definition) is 1.